The summed E-state index contributed by atoms with van der Waals surface area (Å²) in [5.74, 6) is -0.130. The number of nitrogens with zero attached hydrogens (tertiary/aromatic N) is 1. The van der Waals surface area contributed by atoms with Crippen molar-refractivity contribution in [2.45, 2.75) is 24.3 Å². The lowest BCUT2D eigenvalue weighted by atomic mass is 9.97. The summed E-state index contributed by atoms with van der Waals surface area (Å²) in [5.41, 5.74) is 0. The number of piperidine rings is 1. The number of hydrogen-bond acceptors (Lipinski definition) is 4. The Morgan fingerprint density at radius 3 is 2.54 bits per heavy atom. The molecular weight excluding hydrogens is 392 g/mol. The minimum Gasteiger partial charge on any atom is -0.351 e. The van der Waals surface area contributed by atoms with Crippen LogP contribution in [-0.2, 0) is 21.4 Å². The molecule has 4 rings (SSSR count). The summed E-state index contributed by atoms with van der Waals surface area (Å²) >= 11 is 1.61. The molecule has 0 bridgehead atoms. The van der Waals surface area contributed by atoms with Gasteiger partial charge in [0, 0.05) is 29.3 Å². The monoisotopic (exact) mass is 414 g/mol. The molecule has 2 aromatic carbocycles. The quantitative estimate of drug-likeness (QED) is 0.693. The van der Waals surface area contributed by atoms with E-state index in [1.165, 1.54) is 4.31 Å². The summed E-state index contributed by atoms with van der Waals surface area (Å²) < 4.78 is 27.9. The summed E-state index contributed by atoms with van der Waals surface area (Å²) in [6, 6.07) is 16.8. The Kier molecular flexibility index (Phi) is 5.48. The van der Waals surface area contributed by atoms with Crippen LogP contribution in [0.5, 0.6) is 0 Å². The largest absolute Gasteiger partial charge is 0.351 e. The second kappa shape index (κ2) is 8.03. The van der Waals surface area contributed by atoms with E-state index in [0.29, 0.717) is 37.4 Å². The zero-order valence-corrected chi connectivity index (χ0v) is 17.0. The SMILES string of the molecule is O=C(NCc1cccs1)C1CCN(S(=O)(=O)c2cccc3ccccc23)CC1. The molecule has 1 fully saturated rings. The molecule has 1 aliphatic rings. The molecule has 0 atom stereocenters. The zero-order valence-electron chi connectivity index (χ0n) is 15.4. The summed E-state index contributed by atoms with van der Waals surface area (Å²) in [5, 5.41) is 6.60. The first-order valence-electron chi connectivity index (χ1n) is 9.34. The predicted octanol–water partition coefficient (Wildman–Crippen LogP) is 3.62. The molecule has 1 saturated heterocycles. The van der Waals surface area contributed by atoms with Crippen molar-refractivity contribution in [3.05, 3.63) is 64.9 Å². The Morgan fingerprint density at radius 1 is 1.04 bits per heavy atom. The molecule has 146 valence electrons. The number of amides is 1. The van der Waals surface area contributed by atoms with Gasteiger partial charge in [-0.25, -0.2) is 8.42 Å². The minimum absolute atomic E-state index is 0.00982. The number of sulfonamides is 1. The average Bonchev–Trinajstić information content (AvgIpc) is 3.25. The summed E-state index contributed by atoms with van der Waals surface area (Å²) in [7, 11) is -3.58. The van der Waals surface area contributed by atoms with Gasteiger partial charge in [0.25, 0.3) is 0 Å². The number of rotatable bonds is 5. The van der Waals surface area contributed by atoms with E-state index in [9.17, 15) is 13.2 Å². The third-order valence-electron chi connectivity index (χ3n) is 5.21. The van der Waals surface area contributed by atoms with Gasteiger partial charge in [0.05, 0.1) is 11.4 Å². The Labute approximate surface area is 169 Å². The van der Waals surface area contributed by atoms with Gasteiger partial charge >= 0.3 is 0 Å². The molecule has 5 nitrogen and oxygen atoms in total. The second-order valence-electron chi connectivity index (χ2n) is 6.95. The van der Waals surface area contributed by atoms with Gasteiger partial charge in [-0.1, -0.05) is 42.5 Å². The van der Waals surface area contributed by atoms with Crippen molar-refractivity contribution in [3.63, 3.8) is 0 Å². The van der Waals surface area contributed by atoms with E-state index in [0.717, 1.165) is 15.6 Å². The number of thiophene rings is 1. The fraction of sp³-hybridized carbons (Fsp3) is 0.286. The Balaban J connectivity index is 1.43. The van der Waals surface area contributed by atoms with Crippen LogP contribution in [0.2, 0.25) is 0 Å². The molecule has 3 aromatic rings. The highest BCUT2D eigenvalue weighted by atomic mass is 32.2. The van der Waals surface area contributed by atoms with Crippen LogP contribution in [0.4, 0.5) is 0 Å². The third-order valence-corrected chi connectivity index (χ3v) is 8.04. The predicted molar refractivity (Wildman–Crippen MR) is 112 cm³/mol. The minimum atomic E-state index is -3.58. The van der Waals surface area contributed by atoms with Crippen molar-refractivity contribution < 1.29 is 13.2 Å². The summed E-state index contributed by atoms with van der Waals surface area (Å²) in [4.78, 5) is 13.9. The molecule has 2 heterocycles. The molecule has 1 amide bonds. The van der Waals surface area contributed by atoms with Crippen LogP contribution in [0.15, 0.2) is 64.9 Å². The maximum absolute atomic E-state index is 13.2. The van der Waals surface area contributed by atoms with E-state index in [-0.39, 0.29) is 11.8 Å². The van der Waals surface area contributed by atoms with Gasteiger partial charge in [0.2, 0.25) is 15.9 Å². The van der Waals surface area contributed by atoms with Gasteiger partial charge < -0.3 is 5.32 Å². The van der Waals surface area contributed by atoms with Crippen molar-refractivity contribution >= 4 is 38.0 Å². The van der Waals surface area contributed by atoms with Crippen LogP contribution in [0, 0.1) is 5.92 Å². The maximum Gasteiger partial charge on any atom is 0.243 e. The molecule has 28 heavy (non-hydrogen) atoms. The molecule has 0 aliphatic carbocycles. The lowest BCUT2D eigenvalue weighted by Gasteiger charge is -2.30. The normalized spacial score (nSPS) is 16.3. The van der Waals surface area contributed by atoms with Crippen LogP contribution < -0.4 is 5.32 Å². The van der Waals surface area contributed by atoms with E-state index >= 15 is 0 Å². The van der Waals surface area contributed by atoms with Gasteiger partial charge in [0.15, 0.2) is 0 Å². The molecule has 0 radical (unpaired) electrons. The Morgan fingerprint density at radius 2 is 1.79 bits per heavy atom. The molecule has 1 aliphatic heterocycles. The van der Waals surface area contributed by atoms with E-state index < -0.39 is 10.0 Å². The Hall–Kier alpha value is -2.22. The maximum atomic E-state index is 13.2. The molecule has 1 aromatic heterocycles. The topological polar surface area (TPSA) is 66.5 Å². The van der Waals surface area contributed by atoms with Gasteiger partial charge in [-0.05, 0) is 35.7 Å². The molecule has 0 spiro atoms. The van der Waals surface area contributed by atoms with E-state index in [4.69, 9.17) is 0 Å². The highest BCUT2D eigenvalue weighted by Gasteiger charge is 2.32. The Bertz CT molecular complexity index is 1060. The fourth-order valence-electron chi connectivity index (χ4n) is 3.65. The van der Waals surface area contributed by atoms with E-state index in [2.05, 4.69) is 5.32 Å². The molecule has 0 saturated carbocycles. The highest BCUT2D eigenvalue weighted by molar-refractivity contribution is 7.89. The van der Waals surface area contributed by atoms with Crippen molar-refractivity contribution in [3.8, 4) is 0 Å². The van der Waals surface area contributed by atoms with Crippen molar-refractivity contribution in [2.75, 3.05) is 13.1 Å². The molecular formula is C21H22N2O3S2. The van der Waals surface area contributed by atoms with Crippen LogP contribution >= 0.6 is 11.3 Å². The smallest absolute Gasteiger partial charge is 0.243 e. The standard InChI is InChI=1S/C21H22N2O3S2/c24-21(22-15-18-7-4-14-27-18)17-10-12-23(13-11-17)28(25,26)20-9-3-6-16-5-1-2-8-19(16)20/h1-9,14,17H,10-13,15H2,(H,22,24). The van der Waals surface area contributed by atoms with Crippen LogP contribution in [0.3, 0.4) is 0 Å². The van der Waals surface area contributed by atoms with Gasteiger partial charge in [-0.15, -0.1) is 11.3 Å². The summed E-state index contributed by atoms with van der Waals surface area (Å²) in [6.07, 6.45) is 1.08. The van der Waals surface area contributed by atoms with Crippen LogP contribution in [0.25, 0.3) is 10.8 Å². The van der Waals surface area contributed by atoms with Crippen LogP contribution in [0.1, 0.15) is 17.7 Å². The number of carbonyl (C=O) groups is 1. The average molecular weight is 415 g/mol. The van der Waals surface area contributed by atoms with Gasteiger partial charge in [-0.3, -0.25) is 4.79 Å². The molecule has 7 heteroatoms. The number of fused-ring (bicyclic) bond motifs is 1. The first kappa shape index (κ1) is 19.1. The van der Waals surface area contributed by atoms with Gasteiger partial charge in [-0.2, -0.15) is 4.31 Å². The molecule has 0 unspecified atom stereocenters. The number of benzene rings is 2. The van der Waals surface area contributed by atoms with Crippen LogP contribution in [-0.4, -0.2) is 31.7 Å². The van der Waals surface area contributed by atoms with Crippen molar-refractivity contribution in [1.29, 1.82) is 0 Å². The van der Waals surface area contributed by atoms with Crippen molar-refractivity contribution in [2.24, 2.45) is 5.92 Å². The number of carbonyl (C=O) groups excluding carboxylic acids is 1. The molecule has 1 N–H and O–H groups in total. The lowest BCUT2D eigenvalue weighted by molar-refractivity contribution is -0.126. The van der Waals surface area contributed by atoms with E-state index in [1.54, 1.807) is 23.5 Å². The lowest BCUT2D eigenvalue weighted by Crippen LogP contribution is -2.42. The zero-order chi connectivity index (χ0) is 19.6. The third kappa shape index (κ3) is 3.83. The number of nitrogens with one attached hydrogen (secondary N) is 1. The summed E-state index contributed by atoms with van der Waals surface area (Å²) in [6.45, 7) is 1.26. The first-order valence-corrected chi connectivity index (χ1v) is 11.7. The first-order chi connectivity index (χ1) is 13.6. The fourth-order valence-corrected chi connectivity index (χ4v) is 5.98. The van der Waals surface area contributed by atoms with Gasteiger partial charge in [0.1, 0.15) is 0 Å². The second-order valence-corrected chi connectivity index (χ2v) is 9.89. The number of hydrogen-bond donors (Lipinski definition) is 1. The van der Waals surface area contributed by atoms with E-state index in [1.807, 2.05) is 47.8 Å². The highest BCUT2D eigenvalue weighted by Crippen LogP contribution is 2.29. The van der Waals surface area contributed by atoms with Crippen molar-refractivity contribution in [1.82, 2.24) is 9.62 Å².